The van der Waals surface area contributed by atoms with E-state index in [2.05, 4.69) is 53.1 Å². The fourth-order valence-corrected chi connectivity index (χ4v) is 4.52. The van der Waals surface area contributed by atoms with Gasteiger partial charge in [0.1, 0.15) is 18.1 Å². The van der Waals surface area contributed by atoms with Crippen LogP contribution < -0.4 is 10.1 Å². The van der Waals surface area contributed by atoms with Crippen LogP contribution in [0.5, 0.6) is 5.75 Å². The number of halogens is 3. The first-order chi connectivity index (χ1) is 14.8. The number of carbonyl (C=O) groups excluding carboxylic acids is 1. The Kier molecular flexibility index (Phi) is 8.06. The molecular weight excluding hydrogens is 594 g/mol. The van der Waals surface area contributed by atoms with Crippen molar-refractivity contribution in [1.82, 2.24) is 5.32 Å². The zero-order chi connectivity index (χ0) is 22.4. The van der Waals surface area contributed by atoms with Crippen LogP contribution in [0.1, 0.15) is 21.5 Å². The molecule has 8 heteroatoms. The van der Waals surface area contributed by atoms with Gasteiger partial charge in [0, 0.05) is 15.6 Å². The zero-order valence-electron chi connectivity index (χ0n) is 15.9. The lowest BCUT2D eigenvalue weighted by atomic mass is 10.1. The molecule has 0 aliphatic rings. The second kappa shape index (κ2) is 10.7. The van der Waals surface area contributed by atoms with Crippen LogP contribution in [0.2, 0.25) is 0 Å². The van der Waals surface area contributed by atoms with E-state index in [4.69, 9.17) is 4.74 Å². The van der Waals surface area contributed by atoms with Gasteiger partial charge in [0.05, 0.1) is 8.95 Å². The van der Waals surface area contributed by atoms with Gasteiger partial charge in [-0.25, -0.2) is 4.79 Å². The molecule has 0 saturated carbocycles. The van der Waals surface area contributed by atoms with Crippen molar-refractivity contribution in [3.8, 4) is 5.75 Å². The van der Waals surface area contributed by atoms with Crippen LogP contribution in [-0.2, 0) is 11.4 Å². The van der Waals surface area contributed by atoms with Gasteiger partial charge in [0.15, 0.2) is 0 Å². The SMILES string of the molecule is O=C(O)C(=Cc1cc(Br)c(OCc2ccccc2Br)c(Br)c1)NC(=O)c1ccccc1. The van der Waals surface area contributed by atoms with Crippen molar-refractivity contribution in [2.75, 3.05) is 0 Å². The number of benzene rings is 3. The van der Waals surface area contributed by atoms with Crippen LogP contribution >= 0.6 is 47.8 Å². The number of hydrogen-bond donors (Lipinski definition) is 2. The van der Waals surface area contributed by atoms with Gasteiger partial charge in [0.2, 0.25) is 0 Å². The summed E-state index contributed by atoms with van der Waals surface area (Å²) in [4.78, 5) is 24.0. The summed E-state index contributed by atoms with van der Waals surface area (Å²) in [6, 6.07) is 19.6. The van der Waals surface area contributed by atoms with E-state index in [-0.39, 0.29) is 5.70 Å². The number of nitrogens with one attached hydrogen (secondary N) is 1. The third-order valence-corrected chi connectivity index (χ3v) is 6.13. The van der Waals surface area contributed by atoms with E-state index < -0.39 is 11.9 Å². The molecule has 0 aromatic heterocycles. The fraction of sp³-hybridized carbons (Fsp3) is 0.0435. The number of ether oxygens (including phenoxy) is 1. The Balaban J connectivity index is 1.81. The largest absolute Gasteiger partial charge is 0.486 e. The quantitative estimate of drug-likeness (QED) is 0.304. The Morgan fingerprint density at radius 3 is 2.13 bits per heavy atom. The lowest BCUT2D eigenvalue weighted by Crippen LogP contribution is -2.27. The molecule has 3 aromatic rings. The molecule has 158 valence electrons. The van der Waals surface area contributed by atoms with Crippen LogP contribution in [0.3, 0.4) is 0 Å². The van der Waals surface area contributed by atoms with Gasteiger partial charge in [0.25, 0.3) is 5.91 Å². The van der Waals surface area contributed by atoms with Crippen molar-refractivity contribution in [1.29, 1.82) is 0 Å². The second-order valence-corrected chi connectivity index (χ2v) is 8.94. The molecular formula is C23H16Br3NO4. The van der Waals surface area contributed by atoms with Crippen molar-refractivity contribution in [3.05, 3.63) is 103 Å². The molecule has 2 N–H and O–H groups in total. The zero-order valence-corrected chi connectivity index (χ0v) is 20.7. The van der Waals surface area contributed by atoms with E-state index >= 15 is 0 Å². The van der Waals surface area contributed by atoms with E-state index in [1.165, 1.54) is 6.08 Å². The third-order valence-electron chi connectivity index (χ3n) is 4.18. The van der Waals surface area contributed by atoms with Crippen molar-refractivity contribution >= 4 is 65.7 Å². The average Bonchev–Trinajstić information content (AvgIpc) is 2.74. The highest BCUT2D eigenvalue weighted by Gasteiger charge is 2.15. The molecule has 31 heavy (non-hydrogen) atoms. The highest BCUT2D eigenvalue weighted by Crippen LogP contribution is 2.36. The second-order valence-electron chi connectivity index (χ2n) is 6.38. The van der Waals surface area contributed by atoms with Crippen LogP contribution in [0.15, 0.2) is 85.8 Å². The first-order valence-corrected chi connectivity index (χ1v) is 11.4. The Bertz CT molecular complexity index is 1120. The van der Waals surface area contributed by atoms with Crippen LogP contribution in [-0.4, -0.2) is 17.0 Å². The van der Waals surface area contributed by atoms with Gasteiger partial charge in [-0.05, 0) is 73.8 Å². The van der Waals surface area contributed by atoms with Gasteiger partial charge in [-0.3, -0.25) is 4.79 Å². The maximum atomic E-state index is 12.3. The summed E-state index contributed by atoms with van der Waals surface area (Å²) in [6.45, 7) is 0.349. The summed E-state index contributed by atoms with van der Waals surface area (Å²) < 4.78 is 8.16. The van der Waals surface area contributed by atoms with E-state index in [0.717, 1.165) is 10.0 Å². The van der Waals surface area contributed by atoms with Gasteiger partial charge in [-0.2, -0.15) is 0 Å². The topological polar surface area (TPSA) is 75.6 Å². The van der Waals surface area contributed by atoms with E-state index in [1.807, 2.05) is 24.3 Å². The molecule has 0 heterocycles. The molecule has 1 amide bonds. The maximum absolute atomic E-state index is 12.3. The van der Waals surface area contributed by atoms with Crippen LogP contribution in [0.4, 0.5) is 0 Å². The smallest absolute Gasteiger partial charge is 0.352 e. The van der Waals surface area contributed by atoms with Gasteiger partial charge >= 0.3 is 5.97 Å². The first kappa shape index (κ1) is 23.2. The molecule has 0 fully saturated rings. The molecule has 3 aromatic carbocycles. The minimum Gasteiger partial charge on any atom is -0.486 e. The predicted molar refractivity (Wildman–Crippen MR) is 130 cm³/mol. The number of carboxylic acid groups (broad SMARTS) is 1. The van der Waals surface area contributed by atoms with Crippen LogP contribution in [0.25, 0.3) is 6.08 Å². The van der Waals surface area contributed by atoms with Crippen molar-refractivity contribution < 1.29 is 19.4 Å². The molecule has 5 nitrogen and oxygen atoms in total. The Morgan fingerprint density at radius 1 is 0.903 bits per heavy atom. The number of rotatable bonds is 7. The van der Waals surface area contributed by atoms with E-state index in [9.17, 15) is 14.7 Å². The van der Waals surface area contributed by atoms with Crippen LogP contribution in [0, 0.1) is 0 Å². The summed E-state index contributed by atoms with van der Waals surface area (Å²) in [6.07, 6.45) is 1.39. The third kappa shape index (κ3) is 6.29. The lowest BCUT2D eigenvalue weighted by Gasteiger charge is -2.13. The normalized spacial score (nSPS) is 11.1. The van der Waals surface area contributed by atoms with Gasteiger partial charge < -0.3 is 15.2 Å². The van der Waals surface area contributed by atoms with Gasteiger partial charge in [-0.1, -0.05) is 52.3 Å². The Labute approximate surface area is 204 Å². The summed E-state index contributed by atoms with van der Waals surface area (Å²) in [5.41, 5.74) is 1.68. The van der Waals surface area contributed by atoms with Crippen molar-refractivity contribution in [2.24, 2.45) is 0 Å². The lowest BCUT2D eigenvalue weighted by molar-refractivity contribution is -0.132. The number of hydrogen-bond acceptors (Lipinski definition) is 3. The van der Waals surface area contributed by atoms with Crippen molar-refractivity contribution in [3.63, 3.8) is 0 Å². The molecule has 0 bridgehead atoms. The Morgan fingerprint density at radius 2 is 1.52 bits per heavy atom. The monoisotopic (exact) mass is 607 g/mol. The molecule has 0 aliphatic carbocycles. The highest BCUT2D eigenvalue weighted by atomic mass is 79.9. The summed E-state index contributed by atoms with van der Waals surface area (Å²) in [7, 11) is 0. The number of aliphatic carboxylic acids is 1. The maximum Gasteiger partial charge on any atom is 0.352 e. The summed E-state index contributed by atoms with van der Waals surface area (Å²) >= 11 is 10.4. The van der Waals surface area contributed by atoms with Gasteiger partial charge in [-0.15, -0.1) is 0 Å². The molecule has 0 atom stereocenters. The highest BCUT2D eigenvalue weighted by molar-refractivity contribution is 9.11. The molecule has 3 rings (SSSR count). The number of carbonyl (C=O) groups is 2. The van der Waals surface area contributed by atoms with Crippen molar-refractivity contribution in [2.45, 2.75) is 6.61 Å². The van der Waals surface area contributed by atoms with E-state index in [0.29, 0.717) is 32.4 Å². The summed E-state index contributed by atoms with van der Waals surface area (Å²) in [5, 5.41) is 12.0. The van der Waals surface area contributed by atoms with E-state index in [1.54, 1.807) is 42.5 Å². The number of carboxylic acids is 1. The molecule has 0 aliphatic heterocycles. The average molecular weight is 610 g/mol. The first-order valence-electron chi connectivity index (χ1n) is 9.02. The minimum atomic E-state index is -1.24. The molecule has 0 radical (unpaired) electrons. The minimum absolute atomic E-state index is 0.241. The number of amides is 1. The predicted octanol–water partition coefficient (Wildman–Crippen LogP) is 6.41. The molecule has 0 spiro atoms. The molecule has 0 saturated heterocycles. The summed E-state index contributed by atoms with van der Waals surface area (Å²) in [5.74, 6) is -1.16. The standard InChI is InChI=1S/C23H16Br3NO4/c24-17-9-5-4-8-16(17)13-31-21-18(25)10-14(11-19(21)26)12-20(23(29)30)27-22(28)15-6-2-1-3-7-15/h1-12H,13H2,(H,27,28)(H,29,30). The fourth-order valence-electron chi connectivity index (χ4n) is 2.67. The molecule has 0 unspecified atom stereocenters. The Hall–Kier alpha value is -2.42.